The number of rotatable bonds is 11. The first-order valence-electron chi connectivity index (χ1n) is 16.1. The van der Waals surface area contributed by atoms with Crippen molar-refractivity contribution in [3.8, 4) is 0 Å². The quantitative estimate of drug-likeness (QED) is 0.170. The van der Waals surface area contributed by atoms with E-state index in [1.165, 1.54) is 6.07 Å². The molecule has 7 rings (SSSR count). The second-order valence-electron chi connectivity index (χ2n) is 12.6. The molecule has 2 amide bonds. The van der Waals surface area contributed by atoms with Gasteiger partial charge in [-0.25, -0.2) is 4.39 Å². The second-order valence-corrected chi connectivity index (χ2v) is 13.5. The van der Waals surface area contributed by atoms with Crippen LogP contribution in [0.15, 0.2) is 71.4 Å². The third kappa shape index (κ3) is 5.44. The Bertz CT molecular complexity index is 1850. The normalized spacial score (nSPS) is 22.7. The molecule has 4 aliphatic rings. The maximum atomic E-state index is 16.1. The van der Waals surface area contributed by atoms with Crippen LogP contribution in [0, 0.1) is 11.7 Å². The zero-order chi connectivity index (χ0) is 33.6. The number of nitrogens with two attached hydrogens (primary N) is 1. The van der Waals surface area contributed by atoms with E-state index in [9.17, 15) is 9.59 Å². The molecule has 1 spiro atoms. The molecule has 0 bridgehead atoms. The summed E-state index contributed by atoms with van der Waals surface area (Å²) in [6.45, 7) is 2.23. The number of allylic oxidation sites excluding steroid dienone is 1. The van der Waals surface area contributed by atoms with Crippen molar-refractivity contribution in [1.29, 1.82) is 0 Å². The minimum atomic E-state index is -1.28. The molecule has 3 aromatic rings. The van der Waals surface area contributed by atoms with Gasteiger partial charge in [0.1, 0.15) is 11.9 Å². The van der Waals surface area contributed by atoms with Crippen LogP contribution >= 0.6 is 23.2 Å². The Labute approximate surface area is 288 Å². The number of likely N-dealkylation sites (tertiary alicyclic amines) is 1. The highest BCUT2D eigenvalue weighted by atomic mass is 35.5. The Morgan fingerprint density at radius 1 is 1.15 bits per heavy atom. The van der Waals surface area contributed by atoms with E-state index in [1.54, 1.807) is 49.6 Å². The first-order chi connectivity index (χ1) is 23.2. The Balaban J connectivity index is 1.28. The smallest absolute Gasteiger partial charge is 0.255 e. The van der Waals surface area contributed by atoms with Crippen molar-refractivity contribution in [2.45, 2.75) is 36.8 Å². The van der Waals surface area contributed by atoms with Crippen LogP contribution < -0.4 is 16.4 Å². The fourth-order valence-corrected chi connectivity index (χ4v) is 7.79. The fraction of sp³-hybridized carbons (Fsp3) is 0.361. The van der Waals surface area contributed by atoms with Gasteiger partial charge >= 0.3 is 0 Å². The standard InChI is InChI=1S/C36H36Cl2FN5O4/c1-47-14-15-48-13-12-41-34(45)21-8-10-23(27(40)16-21)28-18-30-33(42-28)31(24-6-3-7-26(38)32(24)39)36(44(30)19-20-4-2-5-20)25-11-9-22(37)17-29(25)43-35(36)46/h3,6-11,16-18,20,31,33H,2,4-5,12-15,19,40H2,1H3,(H,41,45)(H,43,46)/t31-,33+,36+/m0/s1. The highest BCUT2D eigenvalue weighted by Crippen LogP contribution is 2.61. The number of amides is 2. The fourth-order valence-electron chi connectivity index (χ4n) is 7.44. The Morgan fingerprint density at radius 2 is 1.98 bits per heavy atom. The van der Waals surface area contributed by atoms with Crippen LogP contribution in [0.25, 0.3) is 0 Å². The van der Waals surface area contributed by atoms with Gasteiger partial charge < -0.3 is 30.7 Å². The predicted molar refractivity (Wildman–Crippen MR) is 184 cm³/mol. The predicted octanol–water partition coefficient (Wildman–Crippen LogP) is 5.91. The van der Waals surface area contributed by atoms with Gasteiger partial charge in [-0.15, -0.1) is 0 Å². The van der Waals surface area contributed by atoms with Crippen molar-refractivity contribution >= 4 is 52.1 Å². The van der Waals surface area contributed by atoms with E-state index in [-0.39, 0.29) is 16.8 Å². The molecule has 0 unspecified atom stereocenters. The van der Waals surface area contributed by atoms with Gasteiger partial charge in [0.25, 0.3) is 11.8 Å². The molecule has 0 radical (unpaired) electrons. The number of carbonyl (C=O) groups is 2. The Morgan fingerprint density at radius 3 is 2.73 bits per heavy atom. The van der Waals surface area contributed by atoms with Gasteiger partial charge in [-0.2, -0.15) is 0 Å². The average molecular weight is 693 g/mol. The molecule has 1 saturated carbocycles. The molecule has 3 atom stereocenters. The SMILES string of the molecule is COCCOCCNC(=O)c1ccc(C2=N[C@@H]3C(=C2)N(CC2CCC2)[C@@]2(C(=O)Nc4cc(Cl)ccc42)[C@H]3c2cccc(Cl)c2F)c(N)c1. The van der Waals surface area contributed by atoms with Crippen molar-refractivity contribution in [2.24, 2.45) is 10.9 Å². The van der Waals surface area contributed by atoms with Crippen molar-refractivity contribution < 1.29 is 23.5 Å². The molecule has 1 aliphatic carbocycles. The summed E-state index contributed by atoms with van der Waals surface area (Å²) >= 11 is 12.7. The lowest BCUT2D eigenvalue weighted by atomic mass is 9.73. The minimum Gasteiger partial charge on any atom is -0.398 e. The van der Waals surface area contributed by atoms with E-state index < -0.39 is 23.3 Å². The van der Waals surface area contributed by atoms with Crippen LogP contribution in [0.4, 0.5) is 15.8 Å². The zero-order valence-electron chi connectivity index (χ0n) is 26.4. The number of benzene rings is 3. The molecule has 3 aromatic carbocycles. The number of fused-ring (bicyclic) bond motifs is 3. The summed E-state index contributed by atoms with van der Waals surface area (Å²) in [5, 5.41) is 6.36. The summed E-state index contributed by atoms with van der Waals surface area (Å²) in [6.07, 6.45) is 5.16. The van der Waals surface area contributed by atoms with Gasteiger partial charge in [0, 0.05) is 59.0 Å². The minimum absolute atomic E-state index is 0.0257. The molecular formula is C36H36Cl2FN5O4. The van der Waals surface area contributed by atoms with Gasteiger partial charge in [0.15, 0.2) is 5.54 Å². The lowest BCUT2D eigenvalue weighted by molar-refractivity contribution is -0.126. The number of nitrogens with zero attached hydrogens (tertiary/aromatic N) is 2. The molecule has 1 saturated heterocycles. The van der Waals surface area contributed by atoms with E-state index in [2.05, 4.69) is 15.5 Å². The van der Waals surface area contributed by atoms with Crippen molar-refractivity contribution in [3.05, 3.63) is 104 Å². The Hall–Kier alpha value is -3.96. The third-order valence-electron chi connectivity index (χ3n) is 9.89. The first kappa shape index (κ1) is 32.6. The number of halogens is 3. The van der Waals surface area contributed by atoms with E-state index in [0.717, 1.165) is 30.5 Å². The zero-order valence-corrected chi connectivity index (χ0v) is 27.9. The maximum absolute atomic E-state index is 16.1. The van der Waals surface area contributed by atoms with E-state index in [1.807, 2.05) is 12.1 Å². The van der Waals surface area contributed by atoms with Gasteiger partial charge in [-0.05, 0) is 66.8 Å². The monoisotopic (exact) mass is 691 g/mol. The summed E-state index contributed by atoms with van der Waals surface area (Å²) in [4.78, 5) is 34.6. The molecule has 3 aliphatic heterocycles. The summed E-state index contributed by atoms with van der Waals surface area (Å²) in [7, 11) is 1.60. The summed E-state index contributed by atoms with van der Waals surface area (Å²) < 4.78 is 26.5. The van der Waals surface area contributed by atoms with E-state index >= 15 is 4.39 Å². The summed E-state index contributed by atoms with van der Waals surface area (Å²) in [5.74, 6) is -1.49. The van der Waals surface area contributed by atoms with E-state index in [0.29, 0.717) is 77.6 Å². The van der Waals surface area contributed by atoms with Gasteiger partial charge in [0.2, 0.25) is 0 Å². The van der Waals surface area contributed by atoms with Crippen LogP contribution in [0.3, 0.4) is 0 Å². The average Bonchev–Trinajstić information content (AvgIpc) is 3.67. The van der Waals surface area contributed by atoms with Crippen LogP contribution in [0.5, 0.6) is 0 Å². The number of anilines is 2. The molecule has 3 heterocycles. The molecule has 9 nitrogen and oxygen atoms in total. The number of methoxy groups -OCH3 is 1. The molecule has 48 heavy (non-hydrogen) atoms. The lowest BCUT2D eigenvalue weighted by Gasteiger charge is -2.42. The molecule has 4 N–H and O–H groups in total. The molecule has 0 aromatic heterocycles. The number of aliphatic imine (C=N–C) groups is 1. The van der Waals surface area contributed by atoms with Crippen molar-refractivity contribution in [3.63, 3.8) is 0 Å². The first-order valence-corrected chi connectivity index (χ1v) is 16.9. The summed E-state index contributed by atoms with van der Waals surface area (Å²) in [6, 6.07) is 14.7. The maximum Gasteiger partial charge on any atom is 0.255 e. The highest BCUT2D eigenvalue weighted by Gasteiger charge is 2.66. The molecule has 2 fully saturated rings. The summed E-state index contributed by atoms with van der Waals surface area (Å²) in [5.41, 5.74) is 9.74. The van der Waals surface area contributed by atoms with Crippen LogP contribution in [0.1, 0.15) is 52.2 Å². The van der Waals surface area contributed by atoms with Crippen molar-refractivity contribution in [2.75, 3.05) is 51.1 Å². The van der Waals surface area contributed by atoms with Crippen molar-refractivity contribution in [1.82, 2.24) is 10.2 Å². The van der Waals surface area contributed by atoms with Gasteiger partial charge in [-0.1, -0.05) is 47.8 Å². The molecule has 250 valence electrons. The number of hydrogen-bond donors (Lipinski definition) is 3. The Kier molecular flexibility index (Phi) is 8.93. The van der Waals surface area contributed by atoms with Gasteiger partial charge in [-0.3, -0.25) is 14.6 Å². The van der Waals surface area contributed by atoms with E-state index in [4.69, 9.17) is 43.4 Å². The largest absolute Gasteiger partial charge is 0.398 e. The van der Waals surface area contributed by atoms with Crippen LogP contribution in [0.2, 0.25) is 10.0 Å². The highest BCUT2D eigenvalue weighted by molar-refractivity contribution is 6.31. The van der Waals surface area contributed by atoms with Crippen LogP contribution in [-0.4, -0.2) is 68.5 Å². The van der Waals surface area contributed by atoms with Gasteiger partial charge in [0.05, 0.1) is 36.5 Å². The molecule has 12 heteroatoms. The number of ether oxygens (including phenoxy) is 2. The topological polar surface area (TPSA) is 118 Å². The second kappa shape index (κ2) is 13.2. The number of hydrogen-bond acceptors (Lipinski definition) is 7. The lowest BCUT2D eigenvalue weighted by Crippen LogP contribution is -2.51. The van der Waals surface area contributed by atoms with Crippen LogP contribution in [-0.2, 0) is 19.8 Å². The number of carbonyl (C=O) groups excluding carboxylic acids is 2. The molecular weight excluding hydrogens is 656 g/mol. The number of nitrogen functional groups attached to an aromatic ring is 1. The third-order valence-corrected chi connectivity index (χ3v) is 10.4. The number of nitrogens with one attached hydrogen (secondary N) is 2.